The first-order valence-electron chi connectivity index (χ1n) is 4.90. The zero-order valence-corrected chi connectivity index (χ0v) is 8.71. The molecule has 2 aromatic heterocycles. The van der Waals surface area contributed by atoms with Crippen LogP contribution in [0.3, 0.4) is 0 Å². The summed E-state index contributed by atoms with van der Waals surface area (Å²) in [5.41, 5.74) is 7.83. The minimum absolute atomic E-state index is 0.510. The lowest BCUT2D eigenvalue weighted by molar-refractivity contribution is 0.559. The first kappa shape index (κ1) is 8.96. The van der Waals surface area contributed by atoms with Crippen molar-refractivity contribution in [1.29, 1.82) is 0 Å². The van der Waals surface area contributed by atoms with Crippen molar-refractivity contribution >= 4 is 16.8 Å². The van der Waals surface area contributed by atoms with Crippen LogP contribution in [0.15, 0.2) is 35.0 Å². The van der Waals surface area contributed by atoms with Gasteiger partial charge in [0.05, 0.1) is 0 Å². The van der Waals surface area contributed by atoms with Crippen LogP contribution in [-0.4, -0.2) is 14.5 Å². The average Bonchev–Trinajstić information content (AvgIpc) is 2.82. The van der Waals surface area contributed by atoms with Crippen LogP contribution in [0.4, 0.5) is 5.69 Å². The molecular weight excluding hydrogens is 204 g/mol. The molecule has 0 atom stereocenters. The highest BCUT2D eigenvalue weighted by Gasteiger charge is 2.09. The molecule has 16 heavy (non-hydrogen) atoms. The average molecular weight is 214 g/mol. The number of nitrogens with zero attached hydrogens (tertiary/aromatic N) is 3. The standard InChI is InChI=1S/C11H10N4O/c1-7-13-4-5-15(7)11-14-9-6-8(12)2-3-10(9)16-11/h2-6H,12H2,1H3. The van der Waals surface area contributed by atoms with Crippen LogP contribution in [0.2, 0.25) is 0 Å². The third-order valence-electron chi connectivity index (χ3n) is 2.43. The lowest BCUT2D eigenvalue weighted by Gasteiger charge is -1.95. The Balaban J connectivity index is 2.23. The molecule has 0 saturated heterocycles. The molecule has 0 aliphatic carbocycles. The molecule has 80 valence electrons. The number of hydrogen-bond donors (Lipinski definition) is 1. The number of nitrogens with two attached hydrogens (primary N) is 1. The summed E-state index contributed by atoms with van der Waals surface area (Å²) in [5, 5.41) is 0. The van der Waals surface area contributed by atoms with Crippen LogP contribution in [-0.2, 0) is 0 Å². The summed E-state index contributed by atoms with van der Waals surface area (Å²) < 4.78 is 7.39. The highest BCUT2D eigenvalue weighted by atomic mass is 16.4. The summed E-state index contributed by atoms with van der Waals surface area (Å²) in [6.45, 7) is 1.89. The summed E-state index contributed by atoms with van der Waals surface area (Å²) in [7, 11) is 0. The lowest BCUT2D eigenvalue weighted by atomic mass is 10.3. The molecule has 0 aliphatic heterocycles. The van der Waals surface area contributed by atoms with Gasteiger partial charge in [-0.05, 0) is 25.1 Å². The Morgan fingerprint density at radius 2 is 2.25 bits per heavy atom. The monoisotopic (exact) mass is 214 g/mol. The molecule has 1 aromatic carbocycles. The van der Waals surface area contributed by atoms with Crippen LogP contribution < -0.4 is 5.73 Å². The summed E-state index contributed by atoms with van der Waals surface area (Å²) in [5.74, 6) is 0.833. The second-order valence-electron chi connectivity index (χ2n) is 3.57. The van der Waals surface area contributed by atoms with Gasteiger partial charge in [0.15, 0.2) is 5.58 Å². The summed E-state index contributed by atoms with van der Waals surface area (Å²) in [6.07, 6.45) is 3.52. The molecule has 5 heteroatoms. The van der Waals surface area contributed by atoms with E-state index in [0.29, 0.717) is 11.7 Å². The Morgan fingerprint density at radius 3 is 3.00 bits per heavy atom. The number of benzene rings is 1. The van der Waals surface area contributed by atoms with E-state index in [1.807, 2.05) is 19.2 Å². The Hall–Kier alpha value is -2.30. The van der Waals surface area contributed by atoms with E-state index in [1.165, 1.54) is 0 Å². The number of imidazole rings is 1. The molecular formula is C11H10N4O. The van der Waals surface area contributed by atoms with Crippen molar-refractivity contribution in [1.82, 2.24) is 14.5 Å². The number of nitrogen functional groups attached to an aromatic ring is 1. The van der Waals surface area contributed by atoms with Gasteiger partial charge in [-0.25, -0.2) is 4.98 Å². The van der Waals surface area contributed by atoms with Gasteiger partial charge in [0.25, 0.3) is 0 Å². The number of aryl methyl sites for hydroxylation is 1. The van der Waals surface area contributed by atoms with Gasteiger partial charge in [-0.15, -0.1) is 0 Å². The van der Waals surface area contributed by atoms with E-state index in [-0.39, 0.29) is 0 Å². The number of anilines is 1. The maximum atomic E-state index is 5.68. The Bertz CT molecular complexity index is 653. The summed E-state index contributed by atoms with van der Waals surface area (Å²) >= 11 is 0. The number of hydrogen-bond acceptors (Lipinski definition) is 4. The van der Waals surface area contributed by atoms with Crippen LogP contribution in [0, 0.1) is 6.92 Å². The van der Waals surface area contributed by atoms with E-state index in [4.69, 9.17) is 10.2 Å². The normalized spacial score (nSPS) is 11.1. The third-order valence-corrected chi connectivity index (χ3v) is 2.43. The van der Waals surface area contributed by atoms with Crippen molar-refractivity contribution in [2.75, 3.05) is 5.73 Å². The largest absolute Gasteiger partial charge is 0.423 e. The van der Waals surface area contributed by atoms with Crippen molar-refractivity contribution in [2.24, 2.45) is 0 Å². The molecule has 0 radical (unpaired) electrons. The predicted octanol–water partition coefficient (Wildman–Crippen LogP) is 1.90. The molecule has 0 bridgehead atoms. The molecule has 2 N–H and O–H groups in total. The quantitative estimate of drug-likeness (QED) is 0.628. The number of oxazole rings is 1. The molecule has 5 nitrogen and oxygen atoms in total. The van der Waals surface area contributed by atoms with Gasteiger partial charge >= 0.3 is 6.01 Å². The maximum absolute atomic E-state index is 5.68. The Morgan fingerprint density at radius 1 is 1.38 bits per heavy atom. The fourth-order valence-electron chi connectivity index (χ4n) is 1.62. The molecule has 0 fully saturated rings. The second kappa shape index (κ2) is 3.10. The fourth-order valence-corrected chi connectivity index (χ4v) is 1.62. The fraction of sp³-hybridized carbons (Fsp3) is 0.0909. The summed E-state index contributed by atoms with van der Waals surface area (Å²) in [4.78, 5) is 8.47. The first-order chi connectivity index (χ1) is 7.74. The second-order valence-corrected chi connectivity index (χ2v) is 3.57. The van der Waals surface area contributed by atoms with E-state index in [2.05, 4.69) is 9.97 Å². The zero-order chi connectivity index (χ0) is 11.1. The first-order valence-corrected chi connectivity index (χ1v) is 4.90. The Labute approximate surface area is 91.5 Å². The van der Waals surface area contributed by atoms with E-state index >= 15 is 0 Å². The van der Waals surface area contributed by atoms with Gasteiger partial charge < -0.3 is 10.2 Å². The summed E-state index contributed by atoms with van der Waals surface area (Å²) in [6, 6.07) is 5.90. The SMILES string of the molecule is Cc1nccn1-c1nc2cc(N)ccc2o1. The minimum Gasteiger partial charge on any atom is -0.423 e. The van der Waals surface area contributed by atoms with Gasteiger partial charge in [0.1, 0.15) is 11.3 Å². The molecule has 0 aliphatic rings. The molecule has 0 saturated carbocycles. The number of fused-ring (bicyclic) bond motifs is 1. The topological polar surface area (TPSA) is 69.9 Å². The van der Waals surface area contributed by atoms with Crippen LogP contribution in [0.5, 0.6) is 0 Å². The van der Waals surface area contributed by atoms with Crippen molar-refractivity contribution in [3.63, 3.8) is 0 Å². The van der Waals surface area contributed by atoms with E-state index in [9.17, 15) is 0 Å². The van der Waals surface area contributed by atoms with Gasteiger partial charge in [-0.3, -0.25) is 4.57 Å². The maximum Gasteiger partial charge on any atom is 0.308 e. The minimum atomic E-state index is 0.510. The lowest BCUT2D eigenvalue weighted by Crippen LogP contribution is -1.94. The van der Waals surface area contributed by atoms with Gasteiger partial charge in [-0.2, -0.15) is 4.98 Å². The third kappa shape index (κ3) is 1.25. The number of aromatic nitrogens is 3. The highest BCUT2D eigenvalue weighted by Crippen LogP contribution is 2.20. The van der Waals surface area contributed by atoms with E-state index in [1.54, 1.807) is 22.9 Å². The zero-order valence-electron chi connectivity index (χ0n) is 8.71. The molecule has 0 spiro atoms. The van der Waals surface area contributed by atoms with E-state index in [0.717, 1.165) is 16.9 Å². The van der Waals surface area contributed by atoms with Crippen molar-refractivity contribution in [3.05, 3.63) is 36.4 Å². The number of rotatable bonds is 1. The smallest absolute Gasteiger partial charge is 0.308 e. The van der Waals surface area contributed by atoms with Crippen LogP contribution in [0.25, 0.3) is 17.1 Å². The highest BCUT2D eigenvalue weighted by molar-refractivity contribution is 5.77. The molecule has 3 rings (SSSR count). The van der Waals surface area contributed by atoms with Gasteiger partial charge in [-0.1, -0.05) is 0 Å². The van der Waals surface area contributed by atoms with E-state index < -0.39 is 0 Å². The molecule has 0 amide bonds. The predicted molar refractivity (Wildman–Crippen MR) is 60.3 cm³/mol. The Kier molecular flexibility index (Phi) is 1.73. The van der Waals surface area contributed by atoms with Gasteiger partial charge in [0.2, 0.25) is 0 Å². The van der Waals surface area contributed by atoms with Crippen molar-refractivity contribution in [3.8, 4) is 6.01 Å². The van der Waals surface area contributed by atoms with Gasteiger partial charge in [0, 0.05) is 18.1 Å². The molecule has 2 heterocycles. The molecule has 3 aromatic rings. The van der Waals surface area contributed by atoms with Crippen LogP contribution in [0.1, 0.15) is 5.82 Å². The molecule has 0 unspecified atom stereocenters. The van der Waals surface area contributed by atoms with Crippen molar-refractivity contribution in [2.45, 2.75) is 6.92 Å². The van der Waals surface area contributed by atoms with Crippen molar-refractivity contribution < 1.29 is 4.42 Å². The van der Waals surface area contributed by atoms with Crippen LogP contribution >= 0.6 is 0 Å².